The molecule has 8 nitrogen and oxygen atoms in total. The molecule has 2 aromatic carbocycles. The normalized spacial score (nSPS) is 16.5. The maximum Gasteiger partial charge on any atom is 0.263 e. The molecule has 1 saturated heterocycles. The fraction of sp³-hybridized carbons (Fsp3) is 0.350. The highest BCUT2D eigenvalue weighted by molar-refractivity contribution is 7.89. The SMILES string of the molecule is Cc1cccc(OC(C)C(=O)N2CCN(S(=O)(=O)c3cccc4nsnc34)CC2)c1. The number of amides is 1. The first-order valence-corrected chi connectivity index (χ1v) is 11.8. The molecule has 0 spiro atoms. The van der Waals surface area contributed by atoms with Crippen molar-refractivity contribution in [1.82, 2.24) is 18.0 Å². The Morgan fingerprint density at radius 2 is 1.83 bits per heavy atom. The number of sulfonamides is 1. The smallest absolute Gasteiger partial charge is 0.263 e. The highest BCUT2D eigenvalue weighted by atomic mass is 32.2. The lowest BCUT2D eigenvalue weighted by Gasteiger charge is -2.35. The molecule has 1 aliphatic rings. The summed E-state index contributed by atoms with van der Waals surface area (Å²) in [5, 5.41) is 0. The minimum atomic E-state index is -3.71. The highest BCUT2D eigenvalue weighted by Crippen LogP contribution is 2.25. The average molecular weight is 447 g/mol. The third-order valence-electron chi connectivity index (χ3n) is 5.07. The molecule has 0 radical (unpaired) electrons. The zero-order valence-electron chi connectivity index (χ0n) is 16.7. The summed E-state index contributed by atoms with van der Waals surface area (Å²) in [7, 11) is -3.71. The van der Waals surface area contributed by atoms with Crippen molar-refractivity contribution in [2.75, 3.05) is 26.2 Å². The van der Waals surface area contributed by atoms with Crippen molar-refractivity contribution in [2.24, 2.45) is 0 Å². The van der Waals surface area contributed by atoms with Crippen molar-refractivity contribution in [3.05, 3.63) is 48.0 Å². The number of fused-ring (bicyclic) bond motifs is 1. The van der Waals surface area contributed by atoms with Crippen LogP contribution in [-0.2, 0) is 14.8 Å². The Bertz CT molecular complexity index is 1170. The molecule has 3 aromatic rings. The van der Waals surface area contributed by atoms with Crippen LogP contribution in [0.25, 0.3) is 11.0 Å². The summed E-state index contributed by atoms with van der Waals surface area (Å²) >= 11 is 0.989. The third-order valence-corrected chi connectivity index (χ3v) is 7.54. The predicted molar refractivity (Wildman–Crippen MR) is 114 cm³/mol. The van der Waals surface area contributed by atoms with Crippen LogP contribution in [0.4, 0.5) is 0 Å². The lowest BCUT2D eigenvalue weighted by Crippen LogP contribution is -2.53. The molecule has 10 heteroatoms. The van der Waals surface area contributed by atoms with Crippen molar-refractivity contribution in [3.63, 3.8) is 0 Å². The van der Waals surface area contributed by atoms with Gasteiger partial charge in [-0.15, -0.1) is 0 Å². The molecule has 1 fully saturated rings. The van der Waals surface area contributed by atoms with E-state index in [1.807, 2.05) is 31.2 Å². The minimum Gasteiger partial charge on any atom is -0.481 e. The second kappa shape index (κ2) is 8.29. The fourth-order valence-corrected chi connectivity index (χ4v) is 5.65. The molecule has 2 heterocycles. The number of aromatic nitrogens is 2. The summed E-state index contributed by atoms with van der Waals surface area (Å²) in [6.07, 6.45) is -0.648. The van der Waals surface area contributed by atoms with E-state index in [0.717, 1.165) is 17.3 Å². The maximum absolute atomic E-state index is 13.1. The van der Waals surface area contributed by atoms with Crippen LogP contribution >= 0.6 is 11.7 Å². The number of hydrogen-bond acceptors (Lipinski definition) is 7. The number of benzene rings is 2. The van der Waals surface area contributed by atoms with Crippen LogP contribution in [0, 0.1) is 6.92 Å². The summed E-state index contributed by atoms with van der Waals surface area (Å²) in [6.45, 7) is 4.74. The van der Waals surface area contributed by atoms with Crippen LogP contribution in [0.15, 0.2) is 47.4 Å². The van der Waals surface area contributed by atoms with Crippen LogP contribution in [0.5, 0.6) is 5.75 Å². The molecule has 0 aliphatic carbocycles. The first kappa shape index (κ1) is 20.7. The zero-order chi connectivity index (χ0) is 21.3. The van der Waals surface area contributed by atoms with E-state index in [2.05, 4.69) is 8.75 Å². The molecular formula is C20H22N4O4S2. The van der Waals surface area contributed by atoms with Crippen LogP contribution in [0.3, 0.4) is 0 Å². The van der Waals surface area contributed by atoms with Crippen molar-refractivity contribution in [3.8, 4) is 5.75 Å². The van der Waals surface area contributed by atoms with Crippen molar-refractivity contribution in [2.45, 2.75) is 24.8 Å². The van der Waals surface area contributed by atoms with Gasteiger partial charge in [-0.2, -0.15) is 13.1 Å². The molecule has 0 N–H and O–H groups in total. The number of carbonyl (C=O) groups excluding carboxylic acids is 1. The highest BCUT2D eigenvalue weighted by Gasteiger charge is 2.33. The van der Waals surface area contributed by atoms with E-state index in [9.17, 15) is 13.2 Å². The Morgan fingerprint density at radius 3 is 2.57 bits per heavy atom. The standard InChI is InChI=1S/C20H22N4O4S2/c1-14-5-3-6-16(13-14)28-15(2)20(25)23-9-11-24(12-10-23)30(26,27)18-8-4-7-17-19(18)22-29-21-17/h3-8,13,15H,9-12H2,1-2H3. The van der Waals surface area contributed by atoms with Crippen molar-refractivity contribution in [1.29, 1.82) is 0 Å². The largest absolute Gasteiger partial charge is 0.481 e. The lowest BCUT2D eigenvalue weighted by atomic mass is 10.2. The molecular weight excluding hydrogens is 424 g/mol. The number of nitrogens with zero attached hydrogens (tertiary/aromatic N) is 4. The van der Waals surface area contributed by atoms with Gasteiger partial charge in [0, 0.05) is 26.2 Å². The van der Waals surface area contributed by atoms with Gasteiger partial charge < -0.3 is 9.64 Å². The van der Waals surface area contributed by atoms with Gasteiger partial charge in [0.15, 0.2) is 6.10 Å². The maximum atomic E-state index is 13.1. The summed E-state index contributed by atoms with van der Waals surface area (Å²) in [4.78, 5) is 14.6. The zero-order valence-corrected chi connectivity index (χ0v) is 18.3. The first-order chi connectivity index (χ1) is 14.4. The molecule has 30 heavy (non-hydrogen) atoms. The molecule has 1 amide bonds. The van der Waals surface area contributed by atoms with Gasteiger partial charge in [0.1, 0.15) is 21.7 Å². The predicted octanol–water partition coefficient (Wildman–Crippen LogP) is 2.30. The Morgan fingerprint density at radius 1 is 1.10 bits per heavy atom. The van der Waals surface area contributed by atoms with Gasteiger partial charge in [0.2, 0.25) is 10.0 Å². The average Bonchev–Trinajstić information content (AvgIpc) is 3.22. The molecule has 158 valence electrons. The molecule has 1 aromatic heterocycles. The Kier molecular flexibility index (Phi) is 5.72. The van der Waals surface area contributed by atoms with E-state index in [-0.39, 0.29) is 23.9 Å². The van der Waals surface area contributed by atoms with Gasteiger partial charge in [-0.1, -0.05) is 18.2 Å². The summed E-state index contributed by atoms with van der Waals surface area (Å²) in [5.74, 6) is 0.487. The Labute approximate surface area is 179 Å². The Hall–Kier alpha value is -2.56. The van der Waals surface area contributed by atoms with E-state index in [0.29, 0.717) is 29.9 Å². The lowest BCUT2D eigenvalue weighted by molar-refractivity contribution is -0.139. The van der Waals surface area contributed by atoms with Crippen molar-refractivity contribution >= 4 is 38.7 Å². The van der Waals surface area contributed by atoms with Crippen LogP contribution in [0.2, 0.25) is 0 Å². The van der Waals surface area contributed by atoms with E-state index < -0.39 is 16.1 Å². The number of ether oxygens (including phenoxy) is 1. The second-order valence-electron chi connectivity index (χ2n) is 7.19. The fourth-order valence-electron chi connectivity index (χ4n) is 3.48. The number of aryl methyl sites for hydroxylation is 1. The van der Waals surface area contributed by atoms with E-state index in [1.165, 1.54) is 4.31 Å². The van der Waals surface area contributed by atoms with Gasteiger partial charge in [-0.3, -0.25) is 4.79 Å². The monoisotopic (exact) mass is 446 g/mol. The number of rotatable bonds is 5. The Balaban J connectivity index is 1.42. The van der Waals surface area contributed by atoms with Crippen LogP contribution in [-0.4, -0.2) is 64.6 Å². The van der Waals surface area contributed by atoms with Gasteiger partial charge in [-0.05, 0) is 43.7 Å². The van der Waals surface area contributed by atoms with E-state index in [1.54, 1.807) is 30.0 Å². The molecule has 0 saturated carbocycles. The molecule has 0 bridgehead atoms. The van der Waals surface area contributed by atoms with E-state index >= 15 is 0 Å². The second-order valence-corrected chi connectivity index (χ2v) is 9.63. The summed E-state index contributed by atoms with van der Waals surface area (Å²) < 4.78 is 41.7. The quantitative estimate of drug-likeness (QED) is 0.597. The minimum absolute atomic E-state index is 0.153. The van der Waals surface area contributed by atoms with Crippen LogP contribution < -0.4 is 4.74 Å². The third kappa shape index (κ3) is 4.03. The number of carbonyl (C=O) groups is 1. The van der Waals surface area contributed by atoms with E-state index in [4.69, 9.17) is 4.74 Å². The topological polar surface area (TPSA) is 92.7 Å². The van der Waals surface area contributed by atoms with Gasteiger partial charge in [0.05, 0.1) is 11.7 Å². The summed E-state index contributed by atoms with van der Waals surface area (Å²) in [5.41, 5.74) is 2.01. The first-order valence-electron chi connectivity index (χ1n) is 9.60. The molecule has 1 unspecified atom stereocenters. The van der Waals surface area contributed by atoms with Gasteiger partial charge in [-0.25, -0.2) is 8.42 Å². The molecule has 1 atom stereocenters. The van der Waals surface area contributed by atoms with Gasteiger partial charge in [0.25, 0.3) is 5.91 Å². The molecule has 1 aliphatic heterocycles. The van der Waals surface area contributed by atoms with Gasteiger partial charge >= 0.3 is 0 Å². The number of hydrogen-bond donors (Lipinski definition) is 0. The summed E-state index contributed by atoms with van der Waals surface area (Å²) in [6, 6.07) is 12.5. The molecule has 4 rings (SSSR count). The number of piperazine rings is 1. The van der Waals surface area contributed by atoms with Crippen LogP contribution in [0.1, 0.15) is 12.5 Å². The van der Waals surface area contributed by atoms with Crippen molar-refractivity contribution < 1.29 is 17.9 Å².